The summed E-state index contributed by atoms with van der Waals surface area (Å²) in [7, 11) is 0. The van der Waals surface area contributed by atoms with E-state index in [-0.39, 0.29) is 12.5 Å². The summed E-state index contributed by atoms with van der Waals surface area (Å²) in [5, 5.41) is 6.06. The van der Waals surface area contributed by atoms with Crippen molar-refractivity contribution < 1.29 is 14.3 Å². The number of nitrogens with one attached hydrogen (secondary N) is 2. The van der Waals surface area contributed by atoms with Gasteiger partial charge in [-0.15, -0.1) is 0 Å². The molecule has 0 atom stereocenters. The highest BCUT2D eigenvalue weighted by molar-refractivity contribution is 5.91. The number of rotatable bonds is 4. The molecule has 5 nitrogen and oxygen atoms in total. The zero-order valence-electron chi connectivity index (χ0n) is 10.5. The van der Waals surface area contributed by atoms with E-state index in [0.29, 0.717) is 13.2 Å². The smallest absolute Gasteiger partial charge is 0.250 e. The summed E-state index contributed by atoms with van der Waals surface area (Å²) in [6.07, 6.45) is 0. The minimum Gasteiger partial charge on any atom is -0.492 e. The van der Waals surface area contributed by atoms with Gasteiger partial charge < -0.3 is 20.1 Å². The minimum absolute atomic E-state index is 0.0856. The molecule has 1 amide bonds. The molecule has 0 bridgehead atoms. The SMILES string of the molecule is CCOCC(=O)Nc1ccc2c(c1)CNCCO2. The van der Waals surface area contributed by atoms with Gasteiger partial charge in [0.1, 0.15) is 19.0 Å². The lowest BCUT2D eigenvalue weighted by Crippen LogP contribution is -2.18. The Morgan fingerprint density at radius 3 is 3.28 bits per heavy atom. The summed E-state index contributed by atoms with van der Waals surface area (Å²) in [5.41, 5.74) is 1.83. The van der Waals surface area contributed by atoms with Gasteiger partial charge in [-0.05, 0) is 25.1 Å². The Kier molecular flexibility index (Phi) is 4.55. The first-order valence-electron chi connectivity index (χ1n) is 6.13. The van der Waals surface area contributed by atoms with Crippen LogP contribution in [0.15, 0.2) is 18.2 Å². The van der Waals surface area contributed by atoms with E-state index in [2.05, 4.69) is 10.6 Å². The highest BCUT2D eigenvalue weighted by Crippen LogP contribution is 2.24. The topological polar surface area (TPSA) is 59.6 Å². The molecule has 1 aliphatic heterocycles. The van der Waals surface area contributed by atoms with Crippen molar-refractivity contribution >= 4 is 11.6 Å². The Labute approximate surface area is 106 Å². The predicted molar refractivity (Wildman–Crippen MR) is 68.8 cm³/mol. The molecular weight excluding hydrogens is 232 g/mol. The van der Waals surface area contributed by atoms with Crippen LogP contribution in [0.2, 0.25) is 0 Å². The van der Waals surface area contributed by atoms with Crippen LogP contribution in [0.3, 0.4) is 0 Å². The van der Waals surface area contributed by atoms with Crippen LogP contribution in [0.5, 0.6) is 5.75 Å². The third-order valence-electron chi connectivity index (χ3n) is 2.63. The highest BCUT2D eigenvalue weighted by atomic mass is 16.5. The Bertz CT molecular complexity index is 421. The van der Waals surface area contributed by atoms with Crippen LogP contribution in [0.1, 0.15) is 12.5 Å². The van der Waals surface area contributed by atoms with Gasteiger partial charge in [0, 0.05) is 30.9 Å². The van der Waals surface area contributed by atoms with Crippen LogP contribution in [0, 0.1) is 0 Å². The molecule has 0 radical (unpaired) electrons. The molecule has 2 rings (SSSR count). The molecule has 1 aromatic carbocycles. The zero-order chi connectivity index (χ0) is 12.8. The largest absolute Gasteiger partial charge is 0.492 e. The Balaban J connectivity index is 2.01. The van der Waals surface area contributed by atoms with Gasteiger partial charge in [0.2, 0.25) is 5.91 Å². The van der Waals surface area contributed by atoms with Crippen LogP contribution in [0.25, 0.3) is 0 Å². The molecular formula is C13H18N2O3. The number of carbonyl (C=O) groups excluding carboxylic acids is 1. The molecule has 2 N–H and O–H groups in total. The molecule has 0 saturated carbocycles. The Hall–Kier alpha value is -1.59. The molecule has 0 spiro atoms. The second-order valence-corrected chi connectivity index (χ2v) is 4.03. The van der Waals surface area contributed by atoms with Gasteiger partial charge in [0.05, 0.1) is 0 Å². The maximum Gasteiger partial charge on any atom is 0.250 e. The van der Waals surface area contributed by atoms with Gasteiger partial charge in [-0.2, -0.15) is 0 Å². The van der Waals surface area contributed by atoms with Crippen LogP contribution in [-0.4, -0.2) is 32.3 Å². The molecule has 0 aromatic heterocycles. The molecule has 5 heteroatoms. The average Bonchev–Trinajstić information content (AvgIpc) is 2.61. The van der Waals surface area contributed by atoms with Gasteiger partial charge in [-0.1, -0.05) is 0 Å². The van der Waals surface area contributed by atoms with E-state index in [0.717, 1.165) is 30.1 Å². The van der Waals surface area contributed by atoms with Crippen molar-refractivity contribution in [1.29, 1.82) is 0 Å². The quantitative estimate of drug-likeness (QED) is 0.841. The van der Waals surface area contributed by atoms with Crippen molar-refractivity contribution in [3.63, 3.8) is 0 Å². The monoisotopic (exact) mass is 250 g/mol. The van der Waals surface area contributed by atoms with E-state index in [4.69, 9.17) is 9.47 Å². The fourth-order valence-corrected chi connectivity index (χ4v) is 1.78. The van der Waals surface area contributed by atoms with Gasteiger partial charge in [-0.3, -0.25) is 4.79 Å². The van der Waals surface area contributed by atoms with Crippen molar-refractivity contribution in [2.45, 2.75) is 13.5 Å². The molecule has 0 unspecified atom stereocenters. The molecule has 0 aliphatic carbocycles. The maximum atomic E-state index is 11.5. The molecule has 98 valence electrons. The van der Waals surface area contributed by atoms with Crippen LogP contribution < -0.4 is 15.4 Å². The van der Waals surface area contributed by atoms with E-state index in [1.807, 2.05) is 25.1 Å². The molecule has 1 aliphatic rings. The van der Waals surface area contributed by atoms with E-state index >= 15 is 0 Å². The fourth-order valence-electron chi connectivity index (χ4n) is 1.78. The molecule has 0 fully saturated rings. The van der Waals surface area contributed by atoms with Gasteiger partial charge in [0.15, 0.2) is 0 Å². The summed E-state index contributed by atoms with van der Waals surface area (Å²) < 4.78 is 10.6. The summed E-state index contributed by atoms with van der Waals surface area (Å²) in [4.78, 5) is 11.5. The summed E-state index contributed by atoms with van der Waals surface area (Å²) >= 11 is 0. The lowest BCUT2D eigenvalue weighted by atomic mass is 10.1. The summed E-state index contributed by atoms with van der Waals surface area (Å²) in [5.74, 6) is 0.738. The van der Waals surface area contributed by atoms with E-state index in [9.17, 15) is 4.79 Å². The van der Waals surface area contributed by atoms with E-state index in [1.54, 1.807) is 0 Å². The second kappa shape index (κ2) is 6.37. The molecule has 0 saturated heterocycles. The fraction of sp³-hybridized carbons (Fsp3) is 0.462. The van der Waals surface area contributed by atoms with Crippen molar-refractivity contribution in [3.8, 4) is 5.75 Å². The molecule has 1 heterocycles. The number of carbonyl (C=O) groups is 1. The van der Waals surface area contributed by atoms with Crippen LogP contribution in [0.4, 0.5) is 5.69 Å². The standard InChI is InChI=1S/C13H18N2O3/c1-2-17-9-13(16)15-11-3-4-12-10(7-11)8-14-5-6-18-12/h3-4,7,14H,2,5-6,8-9H2,1H3,(H,15,16). The first-order valence-corrected chi connectivity index (χ1v) is 6.13. The lowest BCUT2D eigenvalue weighted by molar-refractivity contribution is -0.120. The number of benzene rings is 1. The molecule has 18 heavy (non-hydrogen) atoms. The van der Waals surface area contributed by atoms with Crippen molar-refractivity contribution in [3.05, 3.63) is 23.8 Å². The van der Waals surface area contributed by atoms with Gasteiger partial charge in [-0.25, -0.2) is 0 Å². The van der Waals surface area contributed by atoms with Crippen LogP contribution in [-0.2, 0) is 16.1 Å². The predicted octanol–water partition coefficient (Wildman–Crippen LogP) is 1.14. The van der Waals surface area contributed by atoms with Crippen molar-refractivity contribution in [2.24, 2.45) is 0 Å². The average molecular weight is 250 g/mol. The Morgan fingerprint density at radius 1 is 1.56 bits per heavy atom. The van der Waals surface area contributed by atoms with Crippen molar-refractivity contribution in [1.82, 2.24) is 5.32 Å². The number of amides is 1. The molecule has 1 aromatic rings. The lowest BCUT2D eigenvalue weighted by Gasteiger charge is -2.10. The Morgan fingerprint density at radius 2 is 2.44 bits per heavy atom. The zero-order valence-corrected chi connectivity index (χ0v) is 10.5. The normalized spacial score (nSPS) is 14.3. The van der Waals surface area contributed by atoms with E-state index in [1.165, 1.54) is 0 Å². The first kappa shape index (κ1) is 12.9. The number of anilines is 1. The maximum absolute atomic E-state index is 11.5. The minimum atomic E-state index is -0.140. The van der Waals surface area contributed by atoms with Gasteiger partial charge >= 0.3 is 0 Å². The first-order chi connectivity index (χ1) is 8.79. The summed E-state index contributed by atoms with van der Waals surface area (Å²) in [6, 6.07) is 5.66. The second-order valence-electron chi connectivity index (χ2n) is 4.03. The third kappa shape index (κ3) is 3.45. The summed E-state index contributed by atoms with van der Waals surface area (Å²) in [6.45, 7) is 4.74. The van der Waals surface area contributed by atoms with Crippen molar-refractivity contribution in [2.75, 3.05) is 31.7 Å². The van der Waals surface area contributed by atoms with Gasteiger partial charge in [0.25, 0.3) is 0 Å². The number of fused-ring (bicyclic) bond motifs is 1. The van der Waals surface area contributed by atoms with E-state index < -0.39 is 0 Å². The number of hydrogen-bond donors (Lipinski definition) is 2. The highest BCUT2D eigenvalue weighted by Gasteiger charge is 2.10. The number of ether oxygens (including phenoxy) is 2. The van der Waals surface area contributed by atoms with Crippen LogP contribution >= 0.6 is 0 Å². The number of hydrogen-bond acceptors (Lipinski definition) is 4. The third-order valence-corrected chi connectivity index (χ3v) is 2.63.